The summed E-state index contributed by atoms with van der Waals surface area (Å²) in [7, 11) is 4.07. The second kappa shape index (κ2) is 13.5. The van der Waals surface area contributed by atoms with Crippen LogP contribution in [0.25, 0.3) is 17.0 Å². The van der Waals surface area contributed by atoms with Crippen molar-refractivity contribution in [1.29, 1.82) is 0 Å². The molecule has 1 aromatic heterocycles. The number of carbonyl (C=O) groups is 2. The van der Waals surface area contributed by atoms with Gasteiger partial charge in [0.05, 0.1) is 0 Å². The summed E-state index contributed by atoms with van der Waals surface area (Å²) in [5.74, 6) is -0.169. The van der Waals surface area contributed by atoms with E-state index in [1.807, 2.05) is 79.8 Å². The van der Waals surface area contributed by atoms with Crippen LogP contribution in [0.5, 0.6) is 0 Å². The van der Waals surface area contributed by atoms with E-state index in [1.54, 1.807) is 17.0 Å². The zero-order valence-corrected chi connectivity index (χ0v) is 26.5. The van der Waals surface area contributed by atoms with Crippen LogP contribution in [0.1, 0.15) is 29.5 Å². The quantitative estimate of drug-likeness (QED) is 0.245. The lowest BCUT2D eigenvalue weighted by Gasteiger charge is -2.38. The number of piperidine rings is 1. The predicted molar refractivity (Wildman–Crippen MR) is 179 cm³/mol. The standard InChI is InChI=1S/C36H39ClFN5O2/c1-41(2)22-25-18-27-19-29(37)11-12-34(27)43(23-25)35(44)33(20-28-21-39-32-10-6-4-8-30(28)32)40-36(45)42-15-13-24(14-16-42)17-26-7-3-5-9-31(26)38/h3-12,17,19,21,25,33,39H,13-16,18,20,22-23H2,1-2H3,(H,40,45)/t25-,33+/m0/s1. The van der Waals surface area contributed by atoms with Crippen molar-refractivity contribution in [1.82, 2.24) is 20.1 Å². The fraction of sp³-hybridized carbons (Fsp3) is 0.333. The molecule has 3 amide bonds. The molecule has 9 heteroatoms. The molecule has 2 atom stereocenters. The number of rotatable bonds is 7. The SMILES string of the molecule is CN(C)C[C@@H]1Cc2cc(Cl)ccc2N(C(=O)[C@@H](Cc2c[nH]c3ccccc23)NC(=O)N2CCC(=Cc3ccccc3F)CC2)C1. The number of anilines is 1. The van der Waals surface area contributed by atoms with Crippen LogP contribution in [0.2, 0.25) is 5.02 Å². The number of fused-ring (bicyclic) bond motifs is 2. The summed E-state index contributed by atoms with van der Waals surface area (Å²) in [5, 5.41) is 4.80. The fourth-order valence-electron chi connectivity index (χ4n) is 6.66. The lowest BCUT2D eigenvalue weighted by molar-refractivity contribution is -0.120. The molecule has 45 heavy (non-hydrogen) atoms. The number of benzene rings is 3. The highest BCUT2D eigenvalue weighted by molar-refractivity contribution is 6.30. The van der Waals surface area contributed by atoms with Gasteiger partial charge in [-0.05, 0) is 80.7 Å². The van der Waals surface area contributed by atoms with Gasteiger partial charge in [0.2, 0.25) is 5.91 Å². The molecule has 3 heterocycles. The summed E-state index contributed by atoms with van der Waals surface area (Å²) in [6, 6.07) is 19.3. The molecule has 0 saturated carbocycles. The Labute approximate surface area is 268 Å². The van der Waals surface area contributed by atoms with E-state index < -0.39 is 6.04 Å². The Bertz CT molecular complexity index is 1720. The average Bonchev–Trinajstić information content (AvgIpc) is 3.43. The molecule has 2 N–H and O–H groups in total. The molecule has 0 spiro atoms. The number of hydrogen-bond donors (Lipinski definition) is 2. The lowest BCUT2D eigenvalue weighted by atomic mass is 9.91. The summed E-state index contributed by atoms with van der Waals surface area (Å²) in [5.41, 5.74) is 5.50. The molecule has 2 aliphatic rings. The van der Waals surface area contributed by atoms with E-state index >= 15 is 0 Å². The zero-order chi connectivity index (χ0) is 31.5. The number of hydrogen-bond acceptors (Lipinski definition) is 3. The van der Waals surface area contributed by atoms with Gasteiger partial charge < -0.3 is 25.0 Å². The number of H-pyrrole nitrogens is 1. The van der Waals surface area contributed by atoms with Crippen LogP contribution in [0.3, 0.4) is 0 Å². The minimum atomic E-state index is -0.784. The van der Waals surface area contributed by atoms with Crippen molar-refractivity contribution in [2.45, 2.75) is 31.7 Å². The smallest absolute Gasteiger partial charge is 0.318 e. The van der Waals surface area contributed by atoms with E-state index in [-0.39, 0.29) is 23.7 Å². The maximum absolute atomic E-state index is 14.5. The number of para-hydroxylation sites is 1. The Kier molecular flexibility index (Phi) is 9.24. The van der Waals surface area contributed by atoms with E-state index in [4.69, 9.17) is 11.6 Å². The van der Waals surface area contributed by atoms with Crippen molar-refractivity contribution in [3.05, 3.63) is 106 Å². The van der Waals surface area contributed by atoms with Gasteiger partial charge in [0.15, 0.2) is 0 Å². The van der Waals surface area contributed by atoms with E-state index in [2.05, 4.69) is 15.2 Å². The van der Waals surface area contributed by atoms with Gasteiger partial charge in [-0.3, -0.25) is 4.79 Å². The van der Waals surface area contributed by atoms with Crippen LogP contribution >= 0.6 is 11.6 Å². The van der Waals surface area contributed by atoms with Gasteiger partial charge in [0.25, 0.3) is 0 Å². The molecule has 0 aliphatic carbocycles. The topological polar surface area (TPSA) is 71.7 Å². The number of aromatic amines is 1. The summed E-state index contributed by atoms with van der Waals surface area (Å²) in [6.07, 6.45) is 6.28. The van der Waals surface area contributed by atoms with Crippen molar-refractivity contribution < 1.29 is 14.0 Å². The van der Waals surface area contributed by atoms with Crippen molar-refractivity contribution in [2.24, 2.45) is 5.92 Å². The Morgan fingerprint density at radius 1 is 1.09 bits per heavy atom. The van der Waals surface area contributed by atoms with Crippen LogP contribution in [0.15, 0.2) is 78.5 Å². The Balaban J connectivity index is 1.24. The minimum absolute atomic E-state index is 0.141. The first-order valence-electron chi connectivity index (χ1n) is 15.5. The average molecular weight is 628 g/mol. The largest absolute Gasteiger partial charge is 0.361 e. The van der Waals surface area contributed by atoms with Gasteiger partial charge in [-0.15, -0.1) is 0 Å². The third-order valence-electron chi connectivity index (χ3n) is 8.82. The highest BCUT2D eigenvalue weighted by atomic mass is 35.5. The van der Waals surface area contributed by atoms with Crippen LogP contribution < -0.4 is 10.2 Å². The summed E-state index contributed by atoms with van der Waals surface area (Å²) >= 11 is 6.39. The zero-order valence-electron chi connectivity index (χ0n) is 25.7. The van der Waals surface area contributed by atoms with Crippen molar-refractivity contribution in [3.63, 3.8) is 0 Å². The van der Waals surface area contributed by atoms with Crippen LogP contribution in [-0.4, -0.2) is 73.0 Å². The normalized spacial score (nSPS) is 17.4. The van der Waals surface area contributed by atoms with Gasteiger partial charge >= 0.3 is 6.03 Å². The molecule has 4 aromatic rings. The molecule has 2 aliphatic heterocycles. The second-order valence-electron chi connectivity index (χ2n) is 12.4. The number of nitrogens with zero attached hydrogens (tertiary/aromatic N) is 3. The molecule has 234 valence electrons. The van der Waals surface area contributed by atoms with Gasteiger partial charge in [0, 0.05) is 66.0 Å². The van der Waals surface area contributed by atoms with Crippen molar-refractivity contribution in [2.75, 3.05) is 45.2 Å². The monoisotopic (exact) mass is 627 g/mol. The van der Waals surface area contributed by atoms with Gasteiger partial charge in [-0.2, -0.15) is 0 Å². The molecule has 0 bridgehead atoms. The summed E-state index contributed by atoms with van der Waals surface area (Å²) < 4.78 is 14.2. The molecule has 1 saturated heterocycles. The maximum atomic E-state index is 14.5. The van der Waals surface area contributed by atoms with E-state index in [1.165, 1.54) is 6.07 Å². The molecule has 3 aromatic carbocycles. The number of urea groups is 1. The Morgan fingerprint density at radius 3 is 2.62 bits per heavy atom. The predicted octanol–water partition coefficient (Wildman–Crippen LogP) is 6.53. The number of aromatic nitrogens is 1. The molecule has 7 nitrogen and oxygen atoms in total. The first kappa shape index (κ1) is 30.9. The fourth-order valence-corrected chi connectivity index (χ4v) is 6.86. The maximum Gasteiger partial charge on any atom is 0.318 e. The minimum Gasteiger partial charge on any atom is -0.361 e. The summed E-state index contributed by atoms with van der Waals surface area (Å²) in [4.78, 5) is 37.3. The highest BCUT2D eigenvalue weighted by Crippen LogP contribution is 2.33. The molecule has 1 fully saturated rings. The van der Waals surface area contributed by atoms with Crippen molar-refractivity contribution in [3.8, 4) is 0 Å². The lowest BCUT2D eigenvalue weighted by Crippen LogP contribution is -2.56. The number of carbonyl (C=O) groups excluding carboxylic acids is 2. The molecule has 6 rings (SSSR count). The Hall–Kier alpha value is -4.14. The number of amides is 3. The number of nitrogens with one attached hydrogen (secondary N) is 2. The van der Waals surface area contributed by atoms with E-state index in [9.17, 15) is 14.0 Å². The molecular weight excluding hydrogens is 589 g/mol. The highest BCUT2D eigenvalue weighted by Gasteiger charge is 2.35. The van der Waals surface area contributed by atoms with E-state index in [0.717, 1.165) is 46.3 Å². The molecule has 0 radical (unpaired) electrons. The third-order valence-corrected chi connectivity index (χ3v) is 9.06. The first-order valence-corrected chi connectivity index (χ1v) is 15.9. The van der Waals surface area contributed by atoms with E-state index in [0.29, 0.717) is 49.5 Å². The van der Waals surface area contributed by atoms with Gasteiger partial charge in [-0.1, -0.05) is 59.6 Å². The van der Waals surface area contributed by atoms with Crippen LogP contribution in [-0.2, 0) is 17.6 Å². The van der Waals surface area contributed by atoms with Crippen molar-refractivity contribution >= 4 is 46.2 Å². The third kappa shape index (κ3) is 7.08. The van der Waals surface area contributed by atoms with Gasteiger partial charge in [0.1, 0.15) is 11.9 Å². The van der Waals surface area contributed by atoms with Gasteiger partial charge in [-0.25, -0.2) is 9.18 Å². The number of halogens is 2. The molecular formula is C36H39ClFN5O2. The second-order valence-corrected chi connectivity index (χ2v) is 12.9. The van der Waals surface area contributed by atoms with Crippen LogP contribution in [0, 0.1) is 11.7 Å². The van der Waals surface area contributed by atoms with Crippen LogP contribution in [0.4, 0.5) is 14.9 Å². The molecule has 0 unspecified atom stereocenters. The summed E-state index contributed by atoms with van der Waals surface area (Å²) in [6.45, 7) is 2.37. The Morgan fingerprint density at radius 2 is 1.84 bits per heavy atom. The number of likely N-dealkylation sites (tertiary alicyclic amines) is 1. The first-order chi connectivity index (χ1) is 21.7.